The fourth-order valence-electron chi connectivity index (χ4n) is 3.04. The third kappa shape index (κ3) is 6.23. The van der Waals surface area contributed by atoms with Crippen molar-refractivity contribution in [3.8, 4) is 11.5 Å². The van der Waals surface area contributed by atoms with Gasteiger partial charge in [-0.05, 0) is 55.5 Å². The van der Waals surface area contributed by atoms with E-state index >= 15 is 0 Å². The maximum atomic E-state index is 13.3. The Kier molecular flexibility index (Phi) is 7.89. The Balaban J connectivity index is 1.70. The summed E-state index contributed by atoms with van der Waals surface area (Å²) in [4.78, 5) is 12.5. The molecule has 0 heterocycles. The number of halogens is 1. The minimum absolute atomic E-state index is 0.114. The fraction of sp³-hybridized carbons (Fsp3) is 0.208. The minimum Gasteiger partial charge on any atom is -0.493 e. The summed E-state index contributed by atoms with van der Waals surface area (Å²) >= 11 is 0. The van der Waals surface area contributed by atoms with Crippen LogP contribution in [0.2, 0.25) is 0 Å². The molecule has 0 radical (unpaired) electrons. The number of nitrogens with zero attached hydrogens (tertiary/aromatic N) is 1. The molecule has 3 aromatic carbocycles. The molecule has 0 bridgehead atoms. The molecule has 174 valence electrons. The van der Waals surface area contributed by atoms with E-state index in [4.69, 9.17) is 9.47 Å². The highest BCUT2D eigenvalue weighted by atomic mass is 32.2. The van der Waals surface area contributed by atoms with Crippen LogP contribution in [-0.2, 0) is 14.8 Å². The van der Waals surface area contributed by atoms with Crippen LogP contribution in [0.15, 0.2) is 77.7 Å². The Morgan fingerprint density at radius 3 is 2.24 bits per heavy atom. The van der Waals surface area contributed by atoms with Crippen molar-refractivity contribution in [2.75, 3.05) is 31.1 Å². The number of rotatable bonds is 10. The molecule has 3 rings (SSSR count). The van der Waals surface area contributed by atoms with Crippen molar-refractivity contribution in [2.45, 2.75) is 11.8 Å². The number of hydrogen-bond acceptors (Lipinski definition) is 5. The Labute approximate surface area is 192 Å². The van der Waals surface area contributed by atoms with Crippen molar-refractivity contribution in [1.82, 2.24) is 5.32 Å². The monoisotopic (exact) mass is 472 g/mol. The number of ether oxygens (including phenoxy) is 2. The number of amides is 1. The molecule has 9 heteroatoms. The topological polar surface area (TPSA) is 84.9 Å². The first kappa shape index (κ1) is 24.1. The largest absolute Gasteiger partial charge is 0.493 e. The molecule has 1 amide bonds. The maximum Gasteiger partial charge on any atom is 0.264 e. The van der Waals surface area contributed by atoms with Crippen molar-refractivity contribution in [2.24, 2.45) is 0 Å². The summed E-state index contributed by atoms with van der Waals surface area (Å²) in [6.07, 6.45) is 0. The predicted molar refractivity (Wildman–Crippen MR) is 124 cm³/mol. The smallest absolute Gasteiger partial charge is 0.264 e. The lowest BCUT2D eigenvalue weighted by Crippen LogP contribution is -2.41. The van der Waals surface area contributed by atoms with Crippen LogP contribution >= 0.6 is 0 Å². The summed E-state index contributed by atoms with van der Waals surface area (Å²) in [6.45, 7) is 1.75. The molecule has 0 atom stereocenters. The fourth-order valence-corrected chi connectivity index (χ4v) is 4.46. The summed E-state index contributed by atoms with van der Waals surface area (Å²) in [5, 5.41) is 2.66. The zero-order valence-electron chi connectivity index (χ0n) is 18.3. The average molecular weight is 473 g/mol. The van der Waals surface area contributed by atoms with Gasteiger partial charge >= 0.3 is 0 Å². The van der Waals surface area contributed by atoms with Gasteiger partial charge in [-0.25, -0.2) is 12.8 Å². The van der Waals surface area contributed by atoms with Gasteiger partial charge in [-0.3, -0.25) is 9.10 Å². The second kappa shape index (κ2) is 10.8. The third-order valence-corrected chi connectivity index (χ3v) is 6.55. The molecule has 1 N–H and O–H groups in total. The highest BCUT2D eigenvalue weighted by Gasteiger charge is 2.27. The van der Waals surface area contributed by atoms with Crippen LogP contribution < -0.4 is 19.1 Å². The molecule has 0 saturated heterocycles. The Morgan fingerprint density at radius 2 is 1.61 bits per heavy atom. The second-order valence-electron chi connectivity index (χ2n) is 7.15. The summed E-state index contributed by atoms with van der Waals surface area (Å²) in [5.41, 5.74) is 1.26. The van der Waals surface area contributed by atoms with Gasteiger partial charge in [0.2, 0.25) is 5.91 Å². The Bertz CT molecular complexity index is 1180. The van der Waals surface area contributed by atoms with Crippen LogP contribution in [0.3, 0.4) is 0 Å². The average Bonchev–Trinajstić information content (AvgIpc) is 2.81. The number of hydrogen-bond donors (Lipinski definition) is 1. The van der Waals surface area contributed by atoms with Gasteiger partial charge in [0.25, 0.3) is 10.0 Å². The van der Waals surface area contributed by atoms with E-state index in [1.165, 1.54) is 19.2 Å². The number of nitrogens with one attached hydrogen (secondary N) is 1. The molecule has 0 aliphatic carbocycles. The van der Waals surface area contributed by atoms with Crippen molar-refractivity contribution >= 4 is 21.6 Å². The van der Waals surface area contributed by atoms with Crippen molar-refractivity contribution < 1.29 is 27.1 Å². The first-order valence-electron chi connectivity index (χ1n) is 10.2. The van der Waals surface area contributed by atoms with Crippen molar-refractivity contribution in [3.05, 3.63) is 84.2 Å². The van der Waals surface area contributed by atoms with Gasteiger partial charge < -0.3 is 14.8 Å². The van der Waals surface area contributed by atoms with Crippen LogP contribution in [0.1, 0.15) is 5.56 Å². The zero-order valence-corrected chi connectivity index (χ0v) is 19.1. The number of benzene rings is 3. The molecule has 0 aliphatic heterocycles. The first-order valence-corrected chi connectivity index (χ1v) is 11.6. The Morgan fingerprint density at radius 1 is 0.970 bits per heavy atom. The van der Waals surface area contributed by atoms with Gasteiger partial charge in [0.15, 0.2) is 11.5 Å². The van der Waals surface area contributed by atoms with E-state index in [2.05, 4.69) is 5.32 Å². The molecule has 0 saturated carbocycles. The molecule has 0 aliphatic rings. The van der Waals surface area contributed by atoms with E-state index in [0.717, 1.165) is 22.0 Å². The number of aryl methyl sites for hydroxylation is 1. The SMILES string of the molecule is COc1ccccc1OCCNC(=O)CN(c1ccc(C)cc1)S(=O)(=O)c1ccc(F)cc1. The molecular formula is C24H25FN2O5S. The molecule has 3 aromatic rings. The molecule has 0 spiro atoms. The maximum absolute atomic E-state index is 13.3. The number of methoxy groups -OCH3 is 1. The minimum atomic E-state index is -4.10. The van der Waals surface area contributed by atoms with E-state index in [0.29, 0.717) is 17.2 Å². The van der Waals surface area contributed by atoms with Gasteiger partial charge in [0.1, 0.15) is 19.0 Å². The lowest BCUT2D eigenvalue weighted by Gasteiger charge is -2.24. The van der Waals surface area contributed by atoms with E-state index < -0.39 is 28.3 Å². The highest BCUT2D eigenvalue weighted by Crippen LogP contribution is 2.26. The summed E-state index contributed by atoms with van der Waals surface area (Å²) < 4.78 is 51.6. The van der Waals surface area contributed by atoms with Gasteiger partial charge in [-0.2, -0.15) is 0 Å². The van der Waals surface area contributed by atoms with Crippen LogP contribution in [0.4, 0.5) is 10.1 Å². The van der Waals surface area contributed by atoms with Crippen LogP contribution in [0.25, 0.3) is 0 Å². The zero-order chi connectivity index (χ0) is 23.8. The van der Waals surface area contributed by atoms with E-state index in [-0.39, 0.29) is 18.0 Å². The molecule has 0 unspecified atom stereocenters. The molecule has 33 heavy (non-hydrogen) atoms. The van der Waals surface area contributed by atoms with Gasteiger partial charge in [0.05, 0.1) is 24.2 Å². The number of carbonyl (C=O) groups is 1. The third-order valence-electron chi connectivity index (χ3n) is 4.76. The number of sulfonamides is 1. The van der Waals surface area contributed by atoms with Gasteiger partial charge in [-0.15, -0.1) is 0 Å². The van der Waals surface area contributed by atoms with Crippen LogP contribution in [0, 0.1) is 12.7 Å². The molecular weight excluding hydrogens is 447 g/mol. The van der Waals surface area contributed by atoms with Gasteiger partial charge in [-0.1, -0.05) is 29.8 Å². The second-order valence-corrected chi connectivity index (χ2v) is 9.01. The van der Waals surface area contributed by atoms with Crippen LogP contribution in [0.5, 0.6) is 11.5 Å². The first-order chi connectivity index (χ1) is 15.8. The quantitative estimate of drug-likeness (QED) is 0.457. The van der Waals surface area contributed by atoms with Gasteiger partial charge in [0, 0.05) is 0 Å². The van der Waals surface area contributed by atoms with Crippen LogP contribution in [-0.4, -0.2) is 41.1 Å². The normalized spacial score (nSPS) is 11.0. The van der Waals surface area contributed by atoms with E-state index in [1.807, 2.05) is 13.0 Å². The highest BCUT2D eigenvalue weighted by molar-refractivity contribution is 7.92. The van der Waals surface area contributed by atoms with E-state index in [1.54, 1.807) is 42.5 Å². The Hall–Kier alpha value is -3.59. The molecule has 0 aromatic heterocycles. The number of carbonyl (C=O) groups excluding carboxylic acids is 1. The molecule has 7 nitrogen and oxygen atoms in total. The van der Waals surface area contributed by atoms with Crippen molar-refractivity contribution in [1.29, 1.82) is 0 Å². The standard InChI is InChI=1S/C24H25FN2O5S/c1-18-7-11-20(12-8-18)27(33(29,30)21-13-9-19(25)10-14-21)17-24(28)26-15-16-32-23-6-4-3-5-22(23)31-2/h3-14H,15-17H2,1-2H3,(H,26,28). The predicted octanol–water partition coefficient (Wildman–Crippen LogP) is 3.53. The lowest BCUT2D eigenvalue weighted by molar-refractivity contribution is -0.119. The number of anilines is 1. The summed E-state index contributed by atoms with van der Waals surface area (Å²) in [5.74, 6) is 0.0442. The lowest BCUT2D eigenvalue weighted by atomic mass is 10.2. The summed E-state index contributed by atoms with van der Waals surface area (Å²) in [6, 6.07) is 18.3. The van der Waals surface area contributed by atoms with E-state index in [9.17, 15) is 17.6 Å². The molecule has 0 fully saturated rings. The van der Waals surface area contributed by atoms with Crippen molar-refractivity contribution in [3.63, 3.8) is 0 Å². The summed E-state index contributed by atoms with van der Waals surface area (Å²) in [7, 11) is -2.57. The number of para-hydroxylation sites is 2.